The predicted molar refractivity (Wildman–Crippen MR) is 109 cm³/mol. The van der Waals surface area contributed by atoms with E-state index in [1.807, 2.05) is 13.0 Å². The summed E-state index contributed by atoms with van der Waals surface area (Å²) in [7, 11) is 1.76. The molecule has 4 rings (SSSR count). The van der Waals surface area contributed by atoms with Gasteiger partial charge in [0.25, 0.3) is 0 Å². The second-order valence-electron chi connectivity index (χ2n) is 7.74. The number of furan rings is 1. The van der Waals surface area contributed by atoms with Crippen LogP contribution in [-0.2, 0) is 6.54 Å². The van der Waals surface area contributed by atoms with Gasteiger partial charge < -0.3 is 14.1 Å². The number of piperidine rings is 1. The van der Waals surface area contributed by atoms with E-state index in [4.69, 9.17) is 9.15 Å². The van der Waals surface area contributed by atoms with Crippen LogP contribution >= 0.6 is 0 Å². The van der Waals surface area contributed by atoms with Gasteiger partial charge in [-0.2, -0.15) is 0 Å². The molecule has 1 atom stereocenters. The molecular weight excluding hydrogens is 338 g/mol. The second kappa shape index (κ2) is 8.36. The third-order valence-electron chi connectivity index (χ3n) is 5.91. The number of benzene rings is 1. The van der Waals surface area contributed by atoms with Crippen molar-refractivity contribution in [3.8, 4) is 5.75 Å². The Labute approximate surface area is 162 Å². The maximum Gasteiger partial charge on any atom is 0.142 e. The van der Waals surface area contributed by atoms with E-state index in [1.54, 1.807) is 7.11 Å². The van der Waals surface area contributed by atoms with Gasteiger partial charge in [-0.15, -0.1) is 0 Å². The fourth-order valence-corrected chi connectivity index (χ4v) is 4.48. The lowest BCUT2D eigenvalue weighted by Crippen LogP contribution is -2.55. The minimum atomic E-state index is 0.662. The third kappa shape index (κ3) is 4.30. The molecule has 1 unspecified atom stereocenters. The molecule has 1 aromatic carbocycles. The van der Waals surface area contributed by atoms with Crippen LogP contribution in [0.2, 0.25) is 0 Å². The Balaban J connectivity index is 1.32. The smallest absolute Gasteiger partial charge is 0.142 e. The molecule has 5 heteroatoms. The summed E-state index contributed by atoms with van der Waals surface area (Å²) in [5.74, 6) is 3.07. The highest BCUT2D eigenvalue weighted by atomic mass is 16.5. The van der Waals surface area contributed by atoms with Crippen LogP contribution in [0, 0.1) is 6.92 Å². The fraction of sp³-hybridized carbons (Fsp3) is 0.545. The molecule has 2 aliphatic rings. The van der Waals surface area contributed by atoms with Gasteiger partial charge >= 0.3 is 0 Å². The number of aryl methyl sites for hydroxylation is 1. The standard InChI is InChI=1S/C22H31N3O2/c1-18-9-10-20(27-18)17-23-11-5-6-19(16-23)24-12-14-25(15-13-24)21-7-3-4-8-22(21)26-2/h3-4,7-10,19H,5-6,11-17H2,1-2H3. The van der Waals surface area contributed by atoms with Crippen LogP contribution in [0.5, 0.6) is 5.75 Å². The lowest BCUT2D eigenvalue weighted by atomic mass is 10.0. The van der Waals surface area contributed by atoms with E-state index >= 15 is 0 Å². The van der Waals surface area contributed by atoms with Gasteiger partial charge in [-0.25, -0.2) is 0 Å². The van der Waals surface area contributed by atoms with Crippen LogP contribution in [-0.4, -0.2) is 62.2 Å². The third-order valence-corrected chi connectivity index (χ3v) is 5.91. The van der Waals surface area contributed by atoms with E-state index in [1.165, 1.54) is 25.1 Å². The molecule has 146 valence electrons. The highest BCUT2D eigenvalue weighted by Crippen LogP contribution is 2.29. The maximum absolute atomic E-state index is 5.78. The quantitative estimate of drug-likeness (QED) is 0.807. The summed E-state index contributed by atoms with van der Waals surface area (Å²) < 4.78 is 11.3. The van der Waals surface area contributed by atoms with Crippen LogP contribution in [0.15, 0.2) is 40.8 Å². The molecule has 27 heavy (non-hydrogen) atoms. The largest absolute Gasteiger partial charge is 0.495 e. The summed E-state index contributed by atoms with van der Waals surface area (Å²) in [6.45, 7) is 9.65. The number of methoxy groups -OCH3 is 1. The van der Waals surface area contributed by atoms with Crippen molar-refractivity contribution in [1.29, 1.82) is 0 Å². The van der Waals surface area contributed by atoms with Gasteiger partial charge in [-0.05, 0) is 50.6 Å². The molecule has 5 nitrogen and oxygen atoms in total. The number of piperazine rings is 1. The Hall–Kier alpha value is -1.98. The van der Waals surface area contributed by atoms with Gasteiger partial charge in [0.05, 0.1) is 19.3 Å². The molecular formula is C22H31N3O2. The lowest BCUT2D eigenvalue weighted by molar-refractivity contribution is 0.0847. The number of para-hydroxylation sites is 2. The van der Waals surface area contributed by atoms with Crippen molar-refractivity contribution in [2.75, 3.05) is 51.3 Å². The van der Waals surface area contributed by atoms with Crippen molar-refractivity contribution in [3.63, 3.8) is 0 Å². The van der Waals surface area contributed by atoms with E-state index in [0.717, 1.165) is 56.5 Å². The molecule has 2 aromatic rings. The molecule has 1 aromatic heterocycles. The van der Waals surface area contributed by atoms with E-state index in [-0.39, 0.29) is 0 Å². The van der Waals surface area contributed by atoms with Crippen molar-refractivity contribution in [2.45, 2.75) is 32.4 Å². The van der Waals surface area contributed by atoms with Gasteiger partial charge in [0, 0.05) is 38.8 Å². The molecule has 2 fully saturated rings. The highest BCUT2D eigenvalue weighted by molar-refractivity contribution is 5.58. The number of nitrogens with zero attached hydrogens (tertiary/aromatic N) is 3. The van der Waals surface area contributed by atoms with Crippen LogP contribution in [0.1, 0.15) is 24.4 Å². The number of rotatable bonds is 5. The van der Waals surface area contributed by atoms with Crippen LogP contribution < -0.4 is 9.64 Å². The van der Waals surface area contributed by atoms with Crippen molar-refractivity contribution in [2.24, 2.45) is 0 Å². The number of anilines is 1. The van der Waals surface area contributed by atoms with E-state index in [9.17, 15) is 0 Å². The fourth-order valence-electron chi connectivity index (χ4n) is 4.48. The van der Waals surface area contributed by atoms with Crippen LogP contribution in [0.4, 0.5) is 5.69 Å². The Morgan fingerprint density at radius 2 is 1.85 bits per heavy atom. The normalized spacial score (nSPS) is 22.1. The predicted octanol–water partition coefficient (Wildman–Crippen LogP) is 3.38. The number of hydrogen-bond donors (Lipinski definition) is 0. The van der Waals surface area contributed by atoms with Gasteiger partial charge in [-0.1, -0.05) is 12.1 Å². The summed E-state index contributed by atoms with van der Waals surface area (Å²) in [6.07, 6.45) is 2.58. The van der Waals surface area contributed by atoms with E-state index in [2.05, 4.69) is 45.0 Å². The van der Waals surface area contributed by atoms with Gasteiger partial charge in [0.1, 0.15) is 17.3 Å². The summed E-state index contributed by atoms with van der Waals surface area (Å²) in [6, 6.07) is 13.2. The molecule has 0 spiro atoms. The number of ether oxygens (including phenoxy) is 1. The van der Waals surface area contributed by atoms with Crippen molar-refractivity contribution >= 4 is 5.69 Å². The summed E-state index contributed by atoms with van der Waals surface area (Å²) in [5.41, 5.74) is 1.22. The molecule has 0 bridgehead atoms. The van der Waals surface area contributed by atoms with Gasteiger partial charge in [0.15, 0.2) is 0 Å². The molecule has 2 aliphatic heterocycles. The van der Waals surface area contributed by atoms with Crippen molar-refractivity contribution in [3.05, 3.63) is 47.9 Å². The molecule has 0 N–H and O–H groups in total. The molecule has 0 amide bonds. The molecule has 0 aliphatic carbocycles. The monoisotopic (exact) mass is 369 g/mol. The minimum absolute atomic E-state index is 0.662. The Morgan fingerprint density at radius 1 is 1.04 bits per heavy atom. The molecule has 0 radical (unpaired) electrons. The first-order valence-electron chi connectivity index (χ1n) is 10.1. The summed E-state index contributed by atoms with van der Waals surface area (Å²) >= 11 is 0. The lowest BCUT2D eigenvalue weighted by Gasteiger charge is -2.44. The summed E-state index contributed by atoms with van der Waals surface area (Å²) in [4.78, 5) is 7.70. The van der Waals surface area contributed by atoms with E-state index in [0.29, 0.717) is 6.04 Å². The zero-order valence-corrected chi connectivity index (χ0v) is 16.6. The van der Waals surface area contributed by atoms with E-state index < -0.39 is 0 Å². The average Bonchev–Trinajstić information content (AvgIpc) is 3.13. The zero-order valence-electron chi connectivity index (χ0n) is 16.6. The first-order chi connectivity index (χ1) is 13.2. The molecule has 3 heterocycles. The number of likely N-dealkylation sites (tertiary alicyclic amines) is 1. The zero-order chi connectivity index (χ0) is 18.6. The SMILES string of the molecule is COc1ccccc1N1CCN(C2CCCN(Cc3ccc(C)o3)C2)CC1. The minimum Gasteiger partial charge on any atom is -0.495 e. The topological polar surface area (TPSA) is 32.1 Å². The van der Waals surface area contributed by atoms with Crippen LogP contribution in [0.25, 0.3) is 0 Å². The van der Waals surface area contributed by atoms with Gasteiger partial charge in [-0.3, -0.25) is 9.80 Å². The second-order valence-corrected chi connectivity index (χ2v) is 7.74. The molecule has 0 saturated carbocycles. The average molecular weight is 370 g/mol. The first kappa shape index (κ1) is 18.4. The van der Waals surface area contributed by atoms with Crippen molar-refractivity contribution < 1.29 is 9.15 Å². The summed E-state index contributed by atoms with van der Waals surface area (Å²) in [5, 5.41) is 0. The Morgan fingerprint density at radius 3 is 2.59 bits per heavy atom. The maximum atomic E-state index is 5.78. The van der Waals surface area contributed by atoms with Gasteiger partial charge in [0.2, 0.25) is 0 Å². The molecule has 2 saturated heterocycles. The Kier molecular flexibility index (Phi) is 5.69. The number of hydrogen-bond acceptors (Lipinski definition) is 5. The first-order valence-corrected chi connectivity index (χ1v) is 10.1. The van der Waals surface area contributed by atoms with Crippen molar-refractivity contribution in [1.82, 2.24) is 9.80 Å². The Bertz CT molecular complexity index is 737. The highest BCUT2D eigenvalue weighted by Gasteiger charge is 2.29. The van der Waals surface area contributed by atoms with Crippen LogP contribution in [0.3, 0.4) is 0 Å².